The van der Waals surface area contributed by atoms with Gasteiger partial charge in [-0.05, 0) is 23.8 Å². The van der Waals surface area contributed by atoms with Crippen molar-refractivity contribution in [1.29, 1.82) is 0 Å². The largest absolute Gasteiger partial charge is 0.368 e. The minimum absolute atomic E-state index is 0.0171. The number of amides is 3. The van der Waals surface area contributed by atoms with E-state index >= 15 is 0 Å². The predicted molar refractivity (Wildman–Crippen MR) is 81.6 cm³/mol. The average molecular weight is 321 g/mol. The molecule has 3 amide bonds. The summed E-state index contributed by atoms with van der Waals surface area (Å²) in [4.78, 5) is 39.5. The normalized spacial score (nSPS) is 15.5. The molecular formula is C14H13ClN4O3. The van der Waals surface area contributed by atoms with Crippen LogP contribution in [0.5, 0.6) is 0 Å². The van der Waals surface area contributed by atoms with Gasteiger partial charge in [-0.3, -0.25) is 24.6 Å². The molecule has 0 aliphatic carbocycles. The molecule has 1 aromatic carbocycles. The van der Waals surface area contributed by atoms with E-state index in [1.165, 1.54) is 6.92 Å². The van der Waals surface area contributed by atoms with Crippen LogP contribution in [0.2, 0.25) is 5.02 Å². The Morgan fingerprint density at radius 1 is 1.36 bits per heavy atom. The Hall–Kier alpha value is -2.67. The molecule has 3 N–H and O–H groups in total. The first kappa shape index (κ1) is 15.7. The third-order valence-electron chi connectivity index (χ3n) is 2.81. The summed E-state index contributed by atoms with van der Waals surface area (Å²) in [5.41, 5.74) is 5.92. The molecule has 1 heterocycles. The zero-order chi connectivity index (χ0) is 16.3. The van der Waals surface area contributed by atoms with E-state index in [1.807, 2.05) is 0 Å². The van der Waals surface area contributed by atoms with Crippen molar-refractivity contribution in [2.24, 2.45) is 10.7 Å². The molecule has 1 aromatic rings. The van der Waals surface area contributed by atoms with Crippen LogP contribution in [0.25, 0.3) is 6.08 Å². The van der Waals surface area contributed by atoms with Crippen molar-refractivity contribution in [3.05, 3.63) is 40.5 Å². The van der Waals surface area contributed by atoms with E-state index in [0.29, 0.717) is 5.02 Å². The molecule has 8 heteroatoms. The minimum Gasteiger partial charge on any atom is -0.368 e. The Kier molecular flexibility index (Phi) is 4.57. The maximum Gasteiger partial charge on any atom is 0.276 e. The molecule has 114 valence electrons. The van der Waals surface area contributed by atoms with E-state index in [1.54, 1.807) is 30.3 Å². The number of hydrogen-bond donors (Lipinski definition) is 2. The summed E-state index contributed by atoms with van der Waals surface area (Å²) < 4.78 is 0. The van der Waals surface area contributed by atoms with Gasteiger partial charge in [0.25, 0.3) is 5.91 Å². The van der Waals surface area contributed by atoms with E-state index in [9.17, 15) is 14.4 Å². The number of rotatable bonds is 3. The van der Waals surface area contributed by atoms with E-state index in [4.69, 9.17) is 17.3 Å². The smallest absolute Gasteiger partial charge is 0.276 e. The van der Waals surface area contributed by atoms with Gasteiger partial charge in [-0.2, -0.15) is 0 Å². The maximum atomic E-state index is 11.9. The second-order valence-electron chi connectivity index (χ2n) is 4.54. The van der Waals surface area contributed by atoms with Crippen LogP contribution in [-0.2, 0) is 14.4 Å². The predicted octanol–water partition coefficient (Wildman–Crippen LogP) is 0.500. The van der Waals surface area contributed by atoms with E-state index < -0.39 is 17.7 Å². The van der Waals surface area contributed by atoms with E-state index in [2.05, 4.69) is 10.3 Å². The number of benzene rings is 1. The lowest BCUT2D eigenvalue weighted by atomic mass is 10.2. The standard InChI is InChI=1S/C14H13ClN4O3/c1-8(20)19(7-12(16)21)14-17-11(13(22)18-14)6-9-2-4-10(15)5-3-9/h2-6H,7H2,1H3,(H2,16,21)(H,17,18,22)/b11-6+. The second-order valence-corrected chi connectivity index (χ2v) is 4.98. The van der Waals surface area contributed by atoms with Crippen LogP contribution in [-0.4, -0.2) is 35.1 Å². The van der Waals surface area contributed by atoms with E-state index in [0.717, 1.165) is 10.5 Å². The number of hydrogen-bond acceptors (Lipinski definition) is 4. The molecule has 7 nitrogen and oxygen atoms in total. The highest BCUT2D eigenvalue weighted by Gasteiger charge is 2.27. The van der Waals surface area contributed by atoms with Crippen molar-refractivity contribution >= 4 is 41.4 Å². The number of aliphatic imine (C=N–C) groups is 1. The van der Waals surface area contributed by atoms with E-state index in [-0.39, 0.29) is 18.2 Å². The molecule has 0 atom stereocenters. The third-order valence-corrected chi connectivity index (χ3v) is 3.06. The molecule has 1 aliphatic heterocycles. The Balaban J connectivity index is 2.29. The van der Waals surface area contributed by atoms with Crippen LogP contribution in [0, 0.1) is 0 Å². The molecule has 0 bridgehead atoms. The third kappa shape index (κ3) is 3.70. The lowest BCUT2D eigenvalue weighted by Gasteiger charge is -2.17. The fourth-order valence-electron chi connectivity index (χ4n) is 1.79. The second kappa shape index (κ2) is 6.40. The summed E-state index contributed by atoms with van der Waals surface area (Å²) in [6, 6.07) is 6.81. The van der Waals surface area contributed by atoms with Crippen LogP contribution in [0.4, 0.5) is 0 Å². The maximum absolute atomic E-state index is 11.9. The van der Waals surface area contributed by atoms with Gasteiger partial charge in [0.2, 0.25) is 17.8 Å². The van der Waals surface area contributed by atoms with Gasteiger partial charge in [-0.1, -0.05) is 23.7 Å². The number of nitrogens with two attached hydrogens (primary N) is 1. The van der Waals surface area contributed by atoms with Gasteiger partial charge in [0.15, 0.2) is 0 Å². The van der Waals surface area contributed by atoms with Crippen LogP contribution in [0.15, 0.2) is 35.0 Å². The molecule has 0 unspecified atom stereocenters. The summed E-state index contributed by atoms with van der Waals surface area (Å²) in [5.74, 6) is -1.65. The number of primary amides is 1. The van der Waals surface area contributed by atoms with Crippen molar-refractivity contribution in [2.75, 3.05) is 6.54 Å². The highest BCUT2D eigenvalue weighted by atomic mass is 35.5. The fourth-order valence-corrected chi connectivity index (χ4v) is 1.92. The summed E-state index contributed by atoms with van der Waals surface area (Å²) in [6.45, 7) is 0.890. The van der Waals surface area contributed by atoms with Crippen molar-refractivity contribution in [3.8, 4) is 0 Å². The van der Waals surface area contributed by atoms with Gasteiger partial charge in [0.1, 0.15) is 12.2 Å². The first-order valence-electron chi connectivity index (χ1n) is 6.30. The number of carbonyl (C=O) groups is 3. The SMILES string of the molecule is CC(=O)N(CC(N)=O)C1=N/C(=C/c2ccc(Cl)cc2)C(=O)N1. The quantitative estimate of drug-likeness (QED) is 0.792. The number of halogens is 1. The van der Waals surface area contributed by atoms with Crippen molar-refractivity contribution < 1.29 is 14.4 Å². The Morgan fingerprint density at radius 2 is 2.00 bits per heavy atom. The van der Waals surface area contributed by atoms with Crippen LogP contribution in [0.1, 0.15) is 12.5 Å². The summed E-state index contributed by atoms with van der Waals surface area (Å²) >= 11 is 5.79. The fraction of sp³-hybridized carbons (Fsp3) is 0.143. The van der Waals surface area contributed by atoms with Gasteiger partial charge < -0.3 is 5.73 Å². The molecule has 2 rings (SSSR count). The van der Waals surface area contributed by atoms with Gasteiger partial charge in [0, 0.05) is 11.9 Å². The lowest BCUT2D eigenvalue weighted by Crippen LogP contribution is -2.47. The molecule has 0 aromatic heterocycles. The summed E-state index contributed by atoms with van der Waals surface area (Å²) in [6.07, 6.45) is 1.54. The highest BCUT2D eigenvalue weighted by molar-refractivity contribution is 6.30. The summed E-state index contributed by atoms with van der Waals surface area (Å²) in [5, 5.41) is 3.01. The first-order valence-corrected chi connectivity index (χ1v) is 6.68. The highest BCUT2D eigenvalue weighted by Crippen LogP contribution is 2.15. The zero-order valence-electron chi connectivity index (χ0n) is 11.7. The molecule has 0 radical (unpaired) electrons. The molecular weight excluding hydrogens is 308 g/mol. The molecule has 0 fully saturated rings. The van der Waals surface area contributed by atoms with Gasteiger partial charge in [-0.15, -0.1) is 0 Å². The zero-order valence-corrected chi connectivity index (χ0v) is 12.4. The molecule has 0 spiro atoms. The van der Waals surface area contributed by atoms with Crippen molar-refractivity contribution in [3.63, 3.8) is 0 Å². The molecule has 1 aliphatic rings. The molecule has 0 saturated heterocycles. The topological polar surface area (TPSA) is 105 Å². The van der Waals surface area contributed by atoms with Crippen LogP contribution >= 0.6 is 11.6 Å². The number of guanidine groups is 1. The van der Waals surface area contributed by atoms with Crippen molar-refractivity contribution in [1.82, 2.24) is 10.2 Å². The van der Waals surface area contributed by atoms with Crippen LogP contribution < -0.4 is 11.1 Å². The monoisotopic (exact) mass is 320 g/mol. The van der Waals surface area contributed by atoms with Crippen LogP contribution in [0.3, 0.4) is 0 Å². The van der Waals surface area contributed by atoms with Crippen molar-refractivity contribution in [2.45, 2.75) is 6.92 Å². The van der Waals surface area contributed by atoms with Gasteiger partial charge in [-0.25, -0.2) is 4.99 Å². The summed E-state index contributed by atoms with van der Waals surface area (Å²) in [7, 11) is 0. The first-order chi connectivity index (χ1) is 10.4. The Labute approximate surface area is 131 Å². The molecule has 0 saturated carbocycles. The molecule has 22 heavy (non-hydrogen) atoms. The van der Waals surface area contributed by atoms with Gasteiger partial charge >= 0.3 is 0 Å². The number of carbonyl (C=O) groups excluding carboxylic acids is 3. The number of nitrogens with one attached hydrogen (secondary N) is 1. The number of nitrogens with zero attached hydrogens (tertiary/aromatic N) is 2. The Morgan fingerprint density at radius 3 is 2.55 bits per heavy atom. The Bertz CT molecular complexity index is 695. The average Bonchev–Trinajstić information content (AvgIpc) is 2.79. The minimum atomic E-state index is -0.706. The van der Waals surface area contributed by atoms with Gasteiger partial charge in [0.05, 0.1) is 0 Å². The lowest BCUT2D eigenvalue weighted by molar-refractivity contribution is -0.129.